The average molecular weight is 501 g/mol. The number of amides is 1. The second-order valence-electron chi connectivity index (χ2n) is 7.23. The fourth-order valence-electron chi connectivity index (χ4n) is 3.68. The first-order chi connectivity index (χ1) is 18.5. The number of rotatable bonds is 6. The number of hydrogen-bond acceptors (Lipinski definition) is 8. The van der Waals surface area contributed by atoms with Crippen LogP contribution in [0.3, 0.4) is 0 Å². The minimum atomic E-state index is -4.60. The Bertz CT molecular complexity index is 1410. The maximum atomic E-state index is 13.4. The molecule has 1 aromatic carbocycles. The smallest absolute Gasteiger partial charge is 0.416 e. The van der Waals surface area contributed by atoms with Gasteiger partial charge in [0.1, 0.15) is 17.7 Å². The first kappa shape index (κ1) is 17.1. The molecule has 2 aromatic heterocycles. The predicted molar refractivity (Wildman–Crippen MR) is 119 cm³/mol. The number of carbonyl (C=O) groups is 1. The van der Waals surface area contributed by atoms with Gasteiger partial charge in [-0.05, 0) is 31.0 Å². The maximum Gasteiger partial charge on any atom is 0.416 e. The zero-order valence-corrected chi connectivity index (χ0v) is 18.6. The zero-order chi connectivity index (χ0) is 29.7. The van der Waals surface area contributed by atoms with Crippen molar-refractivity contribution in [3.05, 3.63) is 40.5 Å². The maximum absolute atomic E-state index is 13.4. The summed E-state index contributed by atoms with van der Waals surface area (Å²) < 4.78 is 99.9. The third-order valence-electron chi connectivity index (χ3n) is 5.47. The Balaban J connectivity index is 1.79. The van der Waals surface area contributed by atoms with Crippen LogP contribution in [-0.2, 0) is 11.8 Å². The molecular weight excluding hydrogens is 473 g/mol. The van der Waals surface area contributed by atoms with E-state index >= 15 is 0 Å². The SMILES string of the molecule is [2H]C([2H])([2H])Oc1ncnc(OC([2H])([2H])[2H])c1C(=O)Nc1nc2c(s1)C(CC)(CC)Oc1cc(C(F)(F)F)ccc1-2. The van der Waals surface area contributed by atoms with Crippen LogP contribution in [0.4, 0.5) is 18.3 Å². The summed E-state index contributed by atoms with van der Waals surface area (Å²) in [4.78, 5) is 25.6. The molecule has 1 N–H and O–H groups in total. The molecule has 3 heterocycles. The van der Waals surface area contributed by atoms with Crippen molar-refractivity contribution < 1.29 is 40.4 Å². The quantitative estimate of drug-likeness (QED) is 0.491. The van der Waals surface area contributed by atoms with Gasteiger partial charge in [-0.25, -0.2) is 15.0 Å². The largest absolute Gasteiger partial charge is 0.481 e. The Morgan fingerprint density at radius 3 is 2.47 bits per heavy atom. The van der Waals surface area contributed by atoms with Gasteiger partial charge in [-0.3, -0.25) is 10.1 Å². The van der Waals surface area contributed by atoms with Gasteiger partial charge in [0.15, 0.2) is 10.7 Å². The molecule has 0 saturated heterocycles. The van der Waals surface area contributed by atoms with E-state index in [0.29, 0.717) is 23.4 Å². The van der Waals surface area contributed by atoms with Crippen LogP contribution < -0.4 is 19.5 Å². The molecule has 1 amide bonds. The van der Waals surface area contributed by atoms with Crippen molar-refractivity contribution in [3.8, 4) is 28.8 Å². The lowest BCUT2D eigenvalue weighted by Crippen LogP contribution is -2.34. The van der Waals surface area contributed by atoms with Crippen molar-refractivity contribution in [1.82, 2.24) is 15.0 Å². The third kappa shape index (κ3) is 3.91. The number of fused-ring (bicyclic) bond motifs is 3. The van der Waals surface area contributed by atoms with E-state index in [1.165, 1.54) is 6.07 Å². The third-order valence-corrected chi connectivity index (χ3v) is 6.63. The second kappa shape index (κ2) is 8.75. The van der Waals surface area contributed by atoms with E-state index in [1.807, 2.05) is 0 Å². The Labute approximate surface area is 205 Å². The monoisotopic (exact) mass is 500 g/mol. The molecule has 180 valence electrons. The Hall–Kier alpha value is -3.41. The van der Waals surface area contributed by atoms with Crippen LogP contribution in [-0.4, -0.2) is 34.9 Å². The van der Waals surface area contributed by atoms with E-state index in [0.717, 1.165) is 29.8 Å². The van der Waals surface area contributed by atoms with Crippen molar-refractivity contribution >= 4 is 22.4 Å². The topological polar surface area (TPSA) is 95.5 Å². The first-order valence-corrected chi connectivity index (χ1v) is 10.7. The standard InChI is InChI=1S/C22H21F3N4O4S/c1-5-21(6-2)16-15(12-8-7-11(22(23,24)25)9-13(12)33-21)28-20(34-16)29-17(30)14-18(31-3)26-10-27-19(14)32-4/h7-10H,5-6H2,1-4H3,(H,28,29,30)/i3D3,4D3. The molecule has 0 saturated carbocycles. The molecule has 0 radical (unpaired) electrons. The highest BCUT2D eigenvalue weighted by Gasteiger charge is 2.43. The summed E-state index contributed by atoms with van der Waals surface area (Å²) in [5.74, 6) is -2.65. The molecule has 4 rings (SSSR count). The number of benzene rings is 1. The number of carbonyl (C=O) groups excluding carboxylic acids is 1. The Morgan fingerprint density at radius 2 is 1.88 bits per heavy atom. The molecular formula is C22H21F3N4O4S. The van der Waals surface area contributed by atoms with Gasteiger partial charge < -0.3 is 14.2 Å². The number of methoxy groups -OCH3 is 2. The Kier molecular flexibility index (Phi) is 4.40. The highest BCUT2D eigenvalue weighted by molar-refractivity contribution is 7.16. The van der Waals surface area contributed by atoms with Gasteiger partial charge in [-0.15, -0.1) is 0 Å². The van der Waals surface area contributed by atoms with E-state index in [-0.39, 0.29) is 16.4 Å². The number of hydrogen-bond donors (Lipinski definition) is 1. The van der Waals surface area contributed by atoms with E-state index < -0.39 is 54.6 Å². The minimum absolute atomic E-state index is 0.0209. The number of nitrogens with one attached hydrogen (secondary N) is 1. The van der Waals surface area contributed by atoms with Crippen LogP contribution in [0.15, 0.2) is 24.5 Å². The molecule has 0 bridgehead atoms. The summed E-state index contributed by atoms with van der Waals surface area (Å²) in [5, 5.41) is 2.41. The molecule has 0 unspecified atom stereocenters. The highest BCUT2D eigenvalue weighted by Crippen LogP contribution is 2.52. The molecule has 0 spiro atoms. The molecule has 8 nitrogen and oxygen atoms in total. The summed E-state index contributed by atoms with van der Waals surface area (Å²) in [6.07, 6.45) is -3.11. The highest BCUT2D eigenvalue weighted by atomic mass is 32.1. The minimum Gasteiger partial charge on any atom is -0.481 e. The number of ether oxygens (including phenoxy) is 3. The van der Waals surface area contributed by atoms with Gasteiger partial charge in [-0.1, -0.05) is 25.2 Å². The van der Waals surface area contributed by atoms with Gasteiger partial charge in [0.2, 0.25) is 11.8 Å². The normalized spacial score (nSPS) is 17.3. The van der Waals surface area contributed by atoms with Crippen LogP contribution >= 0.6 is 11.3 Å². The number of halogens is 3. The van der Waals surface area contributed by atoms with Gasteiger partial charge in [0.05, 0.1) is 38.4 Å². The van der Waals surface area contributed by atoms with Crippen molar-refractivity contribution in [2.24, 2.45) is 0 Å². The summed E-state index contributed by atoms with van der Waals surface area (Å²) in [6.45, 7) is 3.59. The number of alkyl halides is 3. The van der Waals surface area contributed by atoms with Crippen LogP contribution in [0.1, 0.15) is 55.7 Å². The van der Waals surface area contributed by atoms with Gasteiger partial charge in [0, 0.05) is 5.56 Å². The van der Waals surface area contributed by atoms with Gasteiger partial charge in [0.25, 0.3) is 5.91 Å². The summed E-state index contributed by atoms with van der Waals surface area (Å²) >= 11 is 0.991. The molecule has 34 heavy (non-hydrogen) atoms. The van der Waals surface area contributed by atoms with Crippen LogP contribution in [0.2, 0.25) is 0 Å². The van der Waals surface area contributed by atoms with E-state index in [2.05, 4.69) is 20.3 Å². The number of nitrogens with zero attached hydrogens (tertiary/aromatic N) is 3. The first-order valence-electron chi connectivity index (χ1n) is 12.9. The van der Waals surface area contributed by atoms with Crippen LogP contribution in [0, 0.1) is 0 Å². The van der Waals surface area contributed by atoms with Crippen molar-refractivity contribution in [2.75, 3.05) is 19.4 Å². The molecule has 3 aromatic rings. The fourth-order valence-corrected chi connectivity index (χ4v) is 4.92. The number of aromatic nitrogens is 3. The molecule has 12 heteroatoms. The predicted octanol–water partition coefficient (Wildman–Crippen LogP) is 5.30. The Morgan fingerprint density at radius 1 is 1.21 bits per heavy atom. The molecule has 0 fully saturated rings. The van der Waals surface area contributed by atoms with E-state index in [1.54, 1.807) is 13.8 Å². The molecule has 0 atom stereocenters. The van der Waals surface area contributed by atoms with E-state index in [4.69, 9.17) is 22.4 Å². The lowest BCUT2D eigenvalue weighted by Gasteiger charge is -2.36. The lowest BCUT2D eigenvalue weighted by molar-refractivity contribution is -0.137. The fraction of sp³-hybridized carbons (Fsp3) is 0.364. The van der Waals surface area contributed by atoms with Crippen LogP contribution in [0.25, 0.3) is 11.3 Å². The molecule has 1 aliphatic rings. The number of thiazole rings is 1. The summed E-state index contributed by atoms with van der Waals surface area (Å²) in [5.41, 5.74) is -2.09. The average Bonchev–Trinajstić information content (AvgIpc) is 3.25. The second-order valence-corrected chi connectivity index (χ2v) is 8.23. The van der Waals surface area contributed by atoms with E-state index in [9.17, 15) is 18.0 Å². The van der Waals surface area contributed by atoms with Crippen molar-refractivity contribution in [3.63, 3.8) is 0 Å². The summed E-state index contributed by atoms with van der Waals surface area (Å²) in [6, 6.07) is 3.02. The number of anilines is 1. The molecule has 1 aliphatic heterocycles. The summed E-state index contributed by atoms with van der Waals surface area (Å²) in [7, 11) is -6.11. The van der Waals surface area contributed by atoms with Crippen molar-refractivity contribution in [2.45, 2.75) is 38.5 Å². The lowest BCUT2D eigenvalue weighted by atomic mass is 9.89. The van der Waals surface area contributed by atoms with Gasteiger partial charge in [-0.2, -0.15) is 13.2 Å². The van der Waals surface area contributed by atoms with Crippen molar-refractivity contribution in [1.29, 1.82) is 0 Å². The molecule has 0 aliphatic carbocycles. The van der Waals surface area contributed by atoms with Crippen LogP contribution in [0.5, 0.6) is 17.5 Å². The van der Waals surface area contributed by atoms with Gasteiger partial charge >= 0.3 is 6.18 Å². The zero-order valence-electron chi connectivity index (χ0n) is 23.7.